The van der Waals surface area contributed by atoms with Gasteiger partial charge >= 0.3 is 0 Å². The molecule has 1 aliphatic heterocycles. The molecule has 5 nitrogen and oxygen atoms in total. The first-order valence-corrected chi connectivity index (χ1v) is 10.0. The van der Waals surface area contributed by atoms with Crippen molar-refractivity contribution in [2.45, 2.75) is 13.8 Å². The number of aryl methyl sites for hydroxylation is 2. The van der Waals surface area contributed by atoms with Crippen LogP contribution in [0.15, 0.2) is 40.8 Å². The summed E-state index contributed by atoms with van der Waals surface area (Å²) in [4.78, 5) is 22.4. The molecule has 1 amide bonds. The monoisotopic (exact) mass is 401 g/mol. The summed E-state index contributed by atoms with van der Waals surface area (Å²) in [5, 5.41) is 1.48. The summed E-state index contributed by atoms with van der Waals surface area (Å²) in [6, 6.07) is 11.6. The van der Waals surface area contributed by atoms with E-state index in [1.807, 2.05) is 55.1 Å². The van der Waals surface area contributed by atoms with Gasteiger partial charge in [0.25, 0.3) is 5.91 Å². The molecular formula is C20H20ClN3O2S. The molecule has 0 N–H and O–H groups in total. The zero-order valence-corrected chi connectivity index (χ0v) is 16.8. The van der Waals surface area contributed by atoms with Gasteiger partial charge < -0.3 is 14.2 Å². The van der Waals surface area contributed by atoms with Gasteiger partial charge in [0.15, 0.2) is 10.8 Å². The Morgan fingerprint density at radius 2 is 1.93 bits per heavy atom. The van der Waals surface area contributed by atoms with Gasteiger partial charge in [0.1, 0.15) is 10.6 Å². The zero-order valence-electron chi connectivity index (χ0n) is 15.2. The van der Waals surface area contributed by atoms with Crippen molar-refractivity contribution in [1.29, 1.82) is 0 Å². The predicted octanol–water partition coefficient (Wildman–Crippen LogP) is 4.64. The smallest absolute Gasteiger partial charge is 0.265 e. The lowest BCUT2D eigenvalue weighted by Crippen LogP contribution is -2.48. The Hall–Kier alpha value is -2.31. The molecule has 0 unspecified atom stereocenters. The van der Waals surface area contributed by atoms with E-state index >= 15 is 0 Å². The average molecular weight is 402 g/mol. The van der Waals surface area contributed by atoms with Gasteiger partial charge in [-0.15, -0.1) is 11.3 Å². The van der Waals surface area contributed by atoms with Gasteiger partial charge in [-0.3, -0.25) is 4.79 Å². The number of thiazole rings is 1. The van der Waals surface area contributed by atoms with E-state index in [2.05, 4.69) is 9.88 Å². The van der Waals surface area contributed by atoms with Crippen LogP contribution < -0.4 is 4.90 Å². The normalized spacial score (nSPS) is 14.6. The Morgan fingerprint density at radius 3 is 2.59 bits per heavy atom. The van der Waals surface area contributed by atoms with Gasteiger partial charge in [-0.25, -0.2) is 4.98 Å². The number of carbonyl (C=O) groups excluding carboxylic acids is 1. The number of rotatable bonds is 3. The second kappa shape index (κ2) is 7.37. The number of carbonyl (C=O) groups is 1. The van der Waals surface area contributed by atoms with Crippen LogP contribution in [0.5, 0.6) is 0 Å². The molecule has 0 bridgehead atoms. The lowest BCUT2D eigenvalue weighted by Gasteiger charge is -2.36. The van der Waals surface area contributed by atoms with E-state index in [0.29, 0.717) is 23.7 Å². The standard InChI is InChI=1S/C20H20ClN3O2S/c1-13-6-7-17(26-13)19-22-14(2)18(27-19)20(25)24-10-8-23(9-11-24)16-5-3-4-15(21)12-16/h3-7,12H,8-11H2,1-2H3. The van der Waals surface area contributed by atoms with E-state index < -0.39 is 0 Å². The number of amides is 1. The lowest BCUT2D eigenvalue weighted by atomic mass is 10.2. The molecule has 7 heteroatoms. The number of aromatic nitrogens is 1. The number of halogens is 1. The van der Waals surface area contributed by atoms with Crippen molar-refractivity contribution in [3.05, 3.63) is 57.8 Å². The molecule has 1 aromatic carbocycles. The minimum absolute atomic E-state index is 0.0465. The van der Waals surface area contributed by atoms with Crippen LogP contribution in [-0.2, 0) is 0 Å². The van der Waals surface area contributed by atoms with E-state index in [1.54, 1.807) is 0 Å². The van der Waals surface area contributed by atoms with Crippen molar-refractivity contribution in [3.63, 3.8) is 0 Å². The van der Waals surface area contributed by atoms with Crippen molar-refractivity contribution < 1.29 is 9.21 Å². The third-order valence-corrected chi connectivity index (χ3v) is 6.08. The number of benzene rings is 1. The minimum atomic E-state index is 0.0465. The average Bonchev–Trinajstić information content (AvgIpc) is 3.27. The maximum absolute atomic E-state index is 13.0. The van der Waals surface area contributed by atoms with Crippen LogP contribution in [0, 0.1) is 13.8 Å². The van der Waals surface area contributed by atoms with E-state index in [9.17, 15) is 4.79 Å². The van der Waals surface area contributed by atoms with Crippen molar-refractivity contribution in [2.24, 2.45) is 0 Å². The van der Waals surface area contributed by atoms with Crippen LogP contribution in [-0.4, -0.2) is 42.0 Å². The first kappa shape index (κ1) is 18.1. The fourth-order valence-electron chi connectivity index (χ4n) is 3.23. The highest BCUT2D eigenvalue weighted by atomic mass is 35.5. The summed E-state index contributed by atoms with van der Waals surface area (Å²) in [5.74, 6) is 1.60. The van der Waals surface area contributed by atoms with E-state index in [-0.39, 0.29) is 5.91 Å². The van der Waals surface area contributed by atoms with Crippen molar-refractivity contribution in [3.8, 4) is 10.8 Å². The molecule has 0 radical (unpaired) electrons. The summed E-state index contributed by atoms with van der Waals surface area (Å²) in [6.07, 6.45) is 0. The second-order valence-corrected chi connectivity index (χ2v) is 8.04. The summed E-state index contributed by atoms with van der Waals surface area (Å²) >= 11 is 7.49. The molecule has 0 aliphatic carbocycles. The zero-order chi connectivity index (χ0) is 19.0. The Labute approximate surface area is 167 Å². The highest BCUT2D eigenvalue weighted by molar-refractivity contribution is 7.17. The quantitative estimate of drug-likeness (QED) is 0.641. The summed E-state index contributed by atoms with van der Waals surface area (Å²) < 4.78 is 5.64. The number of hydrogen-bond donors (Lipinski definition) is 0. The van der Waals surface area contributed by atoms with Crippen LogP contribution in [0.1, 0.15) is 21.1 Å². The highest BCUT2D eigenvalue weighted by Crippen LogP contribution is 2.30. The number of nitrogens with zero attached hydrogens (tertiary/aromatic N) is 3. The summed E-state index contributed by atoms with van der Waals surface area (Å²) in [7, 11) is 0. The van der Waals surface area contributed by atoms with Gasteiger partial charge in [0, 0.05) is 36.9 Å². The van der Waals surface area contributed by atoms with Crippen LogP contribution in [0.3, 0.4) is 0 Å². The fourth-order valence-corrected chi connectivity index (χ4v) is 4.41. The van der Waals surface area contributed by atoms with Crippen LogP contribution in [0.4, 0.5) is 5.69 Å². The van der Waals surface area contributed by atoms with Gasteiger partial charge in [0.05, 0.1) is 5.69 Å². The molecular weight excluding hydrogens is 382 g/mol. The molecule has 1 fully saturated rings. The highest BCUT2D eigenvalue weighted by Gasteiger charge is 2.26. The number of anilines is 1. The van der Waals surface area contributed by atoms with Gasteiger partial charge in [-0.2, -0.15) is 0 Å². The first-order valence-electron chi connectivity index (χ1n) is 8.85. The molecule has 1 saturated heterocycles. The van der Waals surface area contributed by atoms with E-state index in [4.69, 9.17) is 16.0 Å². The summed E-state index contributed by atoms with van der Waals surface area (Å²) in [5.41, 5.74) is 1.85. The summed E-state index contributed by atoms with van der Waals surface area (Å²) in [6.45, 7) is 6.71. The lowest BCUT2D eigenvalue weighted by molar-refractivity contribution is 0.0750. The third-order valence-electron chi connectivity index (χ3n) is 4.68. The molecule has 4 rings (SSSR count). The molecule has 1 aliphatic rings. The molecule has 0 spiro atoms. The molecule has 2 aromatic heterocycles. The number of furan rings is 1. The maximum Gasteiger partial charge on any atom is 0.265 e. The Balaban J connectivity index is 1.46. The maximum atomic E-state index is 13.0. The van der Waals surface area contributed by atoms with Crippen LogP contribution >= 0.6 is 22.9 Å². The Bertz CT molecular complexity index is 973. The van der Waals surface area contributed by atoms with Crippen LogP contribution in [0.2, 0.25) is 5.02 Å². The van der Waals surface area contributed by atoms with Gasteiger partial charge in [0.2, 0.25) is 0 Å². The Morgan fingerprint density at radius 1 is 1.15 bits per heavy atom. The molecule has 0 atom stereocenters. The largest absolute Gasteiger partial charge is 0.459 e. The minimum Gasteiger partial charge on any atom is -0.459 e. The molecule has 3 aromatic rings. The van der Waals surface area contributed by atoms with Gasteiger partial charge in [-0.1, -0.05) is 17.7 Å². The second-order valence-electron chi connectivity index (χ2n) is 6.60. The third kappa shape index (κ3) is 3.73. The van der Waals surface area contributed by atoms with Crippen LogP contribution in [0.25, 0.3) is 10.8 Å². The predicted molar refractivity (Wildman–Crippen MR) is 109 cm³/mol. The van der Waals surface area contributed by atoms with Crippen molar-refractivity contribution in [1.82, 2.24) is 9.88 Å². The Kier molecular flexibility index (Phi) is 4.93. The van der Waals surface area contributed by atoms with Crippen molar-refractivity contribution in [2.75, 3.05) is 31.1 Å². The van der Waals surface area contributed by atoms with E-state index in [0.717, 1.165) is 40.3 Å². The fraction of sp³-hybridized carbons (Fsp3) is 0.300. The molecule has 3 heterocycles. The van der Waals surface area contributed by atoms with E-state index in [1.165, 1.54) is 11.3 Å². The van der Waals surface area contributed by atoms with Gasteiger partial charge in [-0.05, 0) is 44.2 Å². The first-order chi connectivity index (χ1) is 13.0. The molecule has 140 valence electrons. The number of piperazine rings is 1. The molecule has 0 saturated carbocycles. The SMILES string of the molecule is Cc1ccc(-c2nc(C)c(C(=O)N3CCN(c4cccc(Cl)c4)CC3)s2)o1. The molecule has 27 heavy (non-hydrogen) atoms. The topological polar surface area (TPSA) is 49.6 Å². The number of hydrogen-bond acceptors (Lipinski definition) is 5. The van der Waals surface area contributed by atoms with Crippen molar-refractivity contribution >= 4 is 34.5 Å².